The molecule has 0 atom stereocenters. The zero-order chi connectivity index (χ0) is 25.0. The quantitative estimate of drug-likeness (QED) is 0.255. The first kappa shape index (κ1) is 24.6. The van der Waals surface area contributed by atoms with Crippen molar-refractivity contribution in [3.63, 3.8) is 0 Å². The molecule has 0 saturated carbocycles. The molecular weight excluding hydrogens is 472 g/mol. The molecule has 1 aromatic carbocycles. The summed E-state index contributed by atoms with van der Waals surface area (Å²) in [6.07, 6.45) is 1.54. The lowest BCUT2D eigenvalue weighted by molar-refractivity contribution is -0.384. The smallest absolute Gasteiger partial charge is 0.330 e. The topological polar surface area (TPSA) is 171 Å². The SMILES string of the molecule is CCCCn1c(=O)[nH]c(=O)c2c1nc(COC(=O)CNC(=O)c1ccc(Cl)c([N+](=O)[O-])c1)n2C. The van der Waals surface area contributed by atoms with Crippen LogP contribution in [0, 0.1) is 10.1 Å². The van der Waals surface area contributed by atoms with Crippen molar-refractivity contribution in [2.24, 2.45) is 7.05 Å². The summed E-state index contributed by atoms with van der Waals surface area (Å²) < 4.78 is 7.91. The Balaban J connectivity index is 1.68. The summed E-state index contributed by atoms with van der Waals surface area (Å²) in [6, 6.07) is 3.49. The van der Waals surface area contributed by atoms with E-state index in [0.717, 1.165) is 12.5 Å². The second-order valence-electron chi connectivity index (χ2n) is 7.29. The van der Waals surface area contributed by atoms with E-state index in [1.54, 1.807) is 7.05 Å². The molecule has 0 spiro atoms. The van der Waals surface area contributed by atoms with Crippen LogP contribution in [0.1, 0.15) is 35.9 Å². The predicted molar refractivity (Wildman–Crippen MR) is 121 cm³/mol. The number of benzene rings is 1. The fourth-order valence-corrected chi connectivity index (χ4v) is 3.38. The van der Waals surface area contributed by atoms with E-state index in [1.807, 2.05) is 6.92 Å². The van der Waals surface area contributed by atoms with E-state index >= 15 is 0 Å². The number of ether oxygens (including phenoxy) is 1. The molecule has 3 rings (SSSR count). The van der Waals surface area contributed by atoms with Crippen LogP contribution >= 0.6 is 11.6 Å². The molecule has 0 aliphatic rings. The molecule has 34 heavy (non-hydrogen) atoms. The van der Waals surface area contributed by atoms with Gasteiger partial charge in [0.2, 0.25) is 0 Å². The fraction of sp³-hybridized carbons (Fsp3) is 0.350. The van der Waals surface area contributed by atoms with E-state index < -0.39 is 40.3 Å². The number of aromatic amines is 1. The van der Waals surface area contributed by atoms with Crippen LogP contribution in [0.15, 0.2) is 27.8 Å². The van der Waals surface area contributed by atoms with Crippen LogP contribution in [-0.2, 0) is 29.7 Å². The number of nitro groups is 1. The van der Waals surface area contributed by atoms with Gasteiger partial charge in [0.25, 0.3) is 17.2 Å². The van der Waals surface area contributed by atoms with E-state index in [-0.39, 0.29) is 34.2 Å². The Kier molecular flexibility index (Phi) is 7.46. The highest BCUT2D eigenvalue weighted by Gasteiger charge is 2.19. The van der Waals surface area contributed by atoms with Crippen molar-refractivity contribution in [3.8, 4) is 0 Å². The molecule has 0 bridgehead atoms. The number of amides is 1. The summed E-state index contributed by atoms with van der Waals surface area (Å²) in [7, 11) is 1.55. The van der Waals surface area contributed by atoms with E-state index in [1.165, 1.54) is 21.3 Å². The van der Waals surface area contributed by atoms with Gasteiger partial charge in [-0.25, -0.2) is 9.78 Å². The van der Waals surface area contributed by atoms with Gasteiger partial charge >= 0.3 is 11.7 Å². The highest BCUT2D eigenvalue weighted by molar-refractivity contribution is 6.32. The molecule has 0 fully saturated rings. The summed E-state index contributed by atoms with van der Waals surface area (Å²) in [5, 5.41) is 13.1. The molecule has 1 amide bonds. The Hall–Kier alpha value is -4.00. The Morgan fingerprint density at radius 1 is 1.32 bits per heavy atom. The number of unbranched alkanes of at least 4 members (excludes halogenated alkanes) is 1. The van der Waals surface area contributed by atoms with Crippen molar-refractivity contribution in [1.82, 2.24) is 24.4 Å². The van der Waals surface area contributed by atoms with Crippen molar-refractivity contribution in [2.75, 3.05) is 6.54 Å². The van der Waals surface area contributed by atoms with Gasteiger partial charge in [0.05, 0.1) is 4.92 Å². The molecule has 0 radical (unpaired) electrons. The molecule has 3 aromatic rings. The number of halogens is 1. The number of nitrogens with one attached hydrogen (secondary N) is 2. The van der Waals surface area contributed by atoms with Gasteiger partial charge in [-0.05, 0) is 18.6 Å². The standard InChI is InChI=1S/C20H21ClN6O7/c1-3-4-7-26-17-16(19(30)24-20(26)31)25(2)14(23-17)10-34-15(28)9-22-18(29)11-5-6-12(21)13(8-11)27(32)33/h5-6,8H,3-4,7,9-10H2,1-2H3,(H,22,29)(H,24,30,31). The van der Waals surface area contributed by atoms with Crippen LogP contribution in [0.5, 0.6) is 0 Å². The maximum atomic E-state index is 12.3. The Morgan fingerprint density at radius 2 is 2.06 bits per heavy atom. The number of carbonyl (C=O) groups is 2. The summed E-state index contributed by atoms with van der Waals surface area (Å²) in [5.74, 6) is -1.31. The first-order chi connectivity index (χ1) is 16.1. The maximum absolute atomic E-state index is 12.3. The van der Waals surface area contributed by atoms with Crippen molar-refractivity contribution < 1.29 is 19.2 Å². The highest BCUT2D eigenvalue weighted by Crippen LogP contribution is 2.25. The number of esters is 1. The van der Waals surface area contributed by atoms with Gasteiger partial charge < -0.3 is 14.6 Å². The number of aryl methyl sites for hydroxylation is 2. The first-order valence-electron chi connectivity index (χ1n) is 10.2. The number of aromatic nitrogens is 4. The molecule has 2 aromatic heterocycles. The molecule has 180 valence electrons. The Bertz CT molecular complexity index is 1390. The first-order valence-corrected chi connectivity index (χ1v) is 10.6. The zero-order valence-electron chi connectivity index (χ0n) is 18.3. The zero-order valence-corrected chi connectivity index (χ0v) is 19.0. The van der Waals surface area contributed by atoms with E-state index in [4.69, 9.17) is 16.3 Å². The van der Waals surface area contributed by atoms with Crippen LogP contribution in [0.4, 0.5) is 5.69 Å². The lowest BCUT2D eigenvalue weighted by Crippen LogP contribution is -2.31. The van der Waals surface area contributed by atoms with Gasteiger partial charge in [-0.15, -0.1) is 0 Å². The van der Waals surface area contributed by atoms with E-state index in [0.29, 0.717) is 13.0 Å². The summed E-state index contributed by atoms with van der Waals surface area (Å²) in [4.78, 5) is 65.5. The molecule has 2 heterocycles. The number of hydrogen-bond acceptors (Lipinski definition) is 8. The van der Waals surface area contributed by atoms with Crippen LogP contribution in [-0.4, -0.2) is 42.4 Å². The summed E-state index contributed by atoms with van der Waals surface area (Å²) in [5.41, 5.74) is -1.31. The van der Waals surface area contributed by atoms with Crippen molar-refractivity contribution in [1.29, 1.82) is 0 Å². The molecule has 0 unspecified atom stereocenters. The molecule has 2 N–H and O–H groups in total. The largest absolute Gasteiger partial charge is 0.456 e. The maximum Gasteiger partial charge on any atom is 0.330 e. The van der Waals surface area contributed by atoms with Crippen molar-refractivity contribution in [3.05, 3.63) is 65.6 Å². The lowest BCUT2D eigenvalue weighted by atomic mass is 10.2. The summed E-state index contributed by atoms with van der Waals surface area (Å²) >= 11 is 5.72. The van der Waals surface area contributed by atoms with Gasteiger partial charge in [0.1, 0.15) is 24.0 Å². The number of fused-ring (bicyclic) bond motifs is 1. The summed E-state index contributed by atoms with van der Waals surface area (Å²) in [6.45, 7) is 1.51. The normalized spacial score (nSPS) is 10.9. The monoisotopic (exact) mass is 492 g/mol. The number of nitrogens with zero attached hydrogens (tertiary/aromatic N) is 4. The molecular formula is C20H21ClN6O7. The number of imidazole rings is 1. The number of hydrogen-bond donors (Lipinski definition) is 2. The van der Waals surface area contributed by atoms with Gasteiger partial charge in [-0.3, -0.25) is 34.0 Å². The molecule has 0 aliphatic carbocycles. The lowest BCUT2D eigenvalue weighted by Gasteiger charge is -2.07. The van der Waals surface area contributed by atoms with Crippen LogP contribution in [0.3, 0.4) is 0 Å². The molecule has 0 saturated heterocycles. The van der Waals surface area contributed by atoms with Gasteiger partial charge in [0, 0.05) is 25.2 Å². The van der Waals surface area contributed by atoms with Crippen molar-refractivity contribution in [2.45, 2.75) is 32.9 Å². The minimum atomic E-state index is -0.804. The average molecular weight is 493 g/mol. The fourth-order valence-electron chi connectivity index (χ4n) is 3.19. The predicted octanol–water partition coefficient (Wildman–Crippen LogP) is 1.26. The Morgan fingerprint density at radius 3 is 2.74 bits per heavy atom. The highest BCUT2D eigenvalue weighted by atomic mass is 35.5. The van der Waals surface area contributed by atoms with Gasteiger partial charge in [-0.1, -0.05) is 24.9 Å². The van der Waals surface area contributed by atoms with Crippen LogP contribution < -0.4 is 16.6 Å². The van der Waals surface area contributed by atoms with E-state index in [9.17, 15) is 29.3 Å². The van der Waals surface area contributed by atoms with Gasteiger partial charge in [0.15, 0.2) is 11.2 Å². The van der Waals surface area contributed by atoms with Crippen LogP contribution in [0.2, 0.25) is 5.02 Å². The average Bonchev–Trinajstić information content (AvgIpc) is 3.12. The second-order valence-corrected chi connectivity index (χ2v) is 7.70. The minimum absolute atomic E-state index is 0.0523. The second kappa shape index (κ2) is 10.3. The number of rotatable bonds is 9. The Labute approximate surface area is 196 Å². The number of nitro benzene ring substituents is 1. The third-order valence-electron chi connectivity index (χ3n) is 5.00. The van der Waals surface area contributed by atoms with Gasteiger partial charge in [-0.2, -0.15) is 0 Å². The van der Waals surface area contributed by atoms with Crippen molar-refractivity contribution >= 4 is 40.3 Å². The number of H-pyrrole nitrogens is 1. The van der Waals surface area contributed by atoms with Crippen LogP contribution in [0.25, 0.3) is 11.2 Å². The van der Waals surface area contributed by atoms with E-state index in [2.05, 4.69) is 15.3 Å². The molecule has 13 nitrogen and oxygen atoms in total. The molecule has 0 aliphatic heterocycles. The number of carbonyl (C=O) groups excluding carboxylic acids is 2. The molecule has 14 heteroatoms. The minimum Gasteiger partial charge on any atom is -0.456 e. The third-order valence-corrected chi connectivity index (χ3v) is 5.32. The third kappa shape index (κ3) is 5.14.